The van der Waals surface area contributed by atoms with Crippen LogP contribution in [0.3, 0.4) is 0 Å². The van der Waals surface area contributed by atoms with E-state index >= 15 is 0 Å². The molecule has 7 heteroatoms. The maximum Gasteiger partial charge on any atom is 0.310 e. The second-order valence-corrected chi connectivity index (χ2v) is 5.49. The van der Waals surface area contributed by atoms with Gasteiger partial charge >= 0.3 is 5.97 Å². The van der Waals surface area contributed by atoms with Crippen LogP contribution in [0.25, 0.3) is 11.3 Å². The molecule has 0 N–H and O–H groups in total. The number of ether oxygens (including phenoxy) is 2. The summed E-state index contributed by atoms with van der Waals surface area (Å²) >= 11 is 0. The fourth-order valence-electron chi connectivity index (χ4n) is 2.31. The lowest BCUT2D eigenvalue weighted by Gasteiger charge is -2.04. The molecule has 0 bridgehead atoms. The van der Waals surface area contributed by atoms with Gasteiger partial charge in [0.1, 0.15) is 29.7 Å². The molecule has 134 valence electrons. The number of carbonyl (C=O) groups is 1. The van der Waals surface area contributed by atoms with E-state index in [1.165, 1.54) is 12.1 Å². The van der Waals surface area contributed by atoms with E-state index in [0.717, 1.165) is 17.7 Å². The van der Waals surface area contributed by atoms with Gasteiger partial charge in [-0.2, -0.15) is 0 Å². The molecule has 5 nitrogen and oxygen atoms in total. The highest BCUT2D eigenvalue weighted by Crippen LogP contribution is 2.24. The Bertz CT molecular complexity index is 906. The lowest BCUT2D eigenvalue weighted by Crippen LogP contribution is -2.08. The molecule has 0 atom stereocenters. The number of nitrogens with zero attached hydrogens (tertiary/aromatic N) is 1. The summed E-state index contributed by atoms with van der Waals surface area (Å²) in [6.07, 6.45) is 0.0985. The predicted molar refractivity (Wildman–Crippen MR) is 88.3 cm³/mol. The van der Waals surface area contributed by atoms with E-state index in [-0.39, 0.29) is 24.4 Å². The minimum Gasteiger partial charge on any atom is -0.497 e. The molecule has 0 radical (unpaired) electrons. The molecule has 0 aliphatic rings. The molecule has 0 spiro atoms. The standard InChI is InChI=1S/C19H15F2NO4/c1-24-15-5-2-12(3-6-15)8-19(23)25-11-14-10-18(26-22-14)16-7-4-13(20)9-17(16)21/h2-7,9-10H,8,11H2,1H3. The van der Waals surface area contributed by atoms with Gasteiger partial charge in [-0.15, -0.1) is 0 Å². The van der Waals surface area contributed by atoms with E-state index in [1.54, 1.807) is 31.4 Å². The van der Waals surface area contributed by atoms with Crippen molar-refractivity contribution in [2.45, 2.75) is 13.0 Å². The maximum absolute atomic E-state index is 13.7. The molecule has 3 rings (SSSR count). The summed E-state index contributed by atoms with van der Waals surface area (Å²) in [4.78, 5) is 11.9. The van der Waals surface area contributed by atoms with Crippen LogP contribution in [0.1, 0.15) is 11.3 Å². The molecule has 26 heavy (non-hydrogen) atoms. The zero-order chi connectivity index (χ0) is 18.5. The number of methoxy groups -OCH3 is 1. The quantitative estimate of drug-likeness (QED) is 0.625. The molecule has 0 aliphatic heterocycles. The summed E-state index contributed by atoms with van der Waals surface area (Å²) in [5.41, 5.74) is 1.19. The van der Waals surface area contributed by atoms with Crippen molar-refractivity contribution in [3.05, 3.63) is 71.4 Å². The van der Waals surface area contributed by atoms with Crippen molar-refractivity contribution >= 4 is 5.97 Å². The van der Waals surface area contributed by atoms with Crippen LogP contribution in [0.2, 0.25) is 0 Å². The van der Waals surface area contributed by atoms with Gasteiger partial charge in [-0.3, -0.25) is 4.79 Å². The monoisotopic (exact) mass is 359 g/mol. The van der Waals surface area contributed by atoms with Gasteiger partial charge in [0.05, 0.1) is 19.1 Å². The van der Waals surface area contributed by atoms with Gasteiger partial charge < -0.3 is 14.0 Å². The maximum atomic E-state index is 13.7. The van der Waals surface area contributed by atoms with E-state index < -0.39 is 17.6 Å². The zero-order valence-electron chi connectivity index (χ0n) is 13.9. The van der Waals surface area contributed by atoms with Gasteiger partial charge in [-0.05, 0) is 29.8 Å². The van der Waals surface area contributed by atoms with Crippen LogP contribution in [0.15, 0.2) is 53.1 Å². The number of carbonyl (C=O) groups excluding carboxylic acids is 1. The molecule has 0 saturated carbocycles. The topological polar surface area (TPSA) is 61.6 Å². The molecule has 2 aromatic carbocycles. The van der Waals surface area contributed by atoms with Crippen molar-refractivity contribution < 1.29 is 27.6 Å². The number of hydrogen-bond acceptors (Lipinski definition) is 5. The average molecular weight is 359 g/mol. The first kappa shape index (κ1) is 17.6. The first-order valence-corrected chi connectivity index (χ1v) is 7.74. The Morgan fingerprint density at radius 1 is 1.12 bits per heavy atom. The van der Waals surface area contributed by atoms with E-state index in [2.05, 4.69) is 5.16 Å². The molecule has 0 fully saturated rings. The number of benzene rings is 2. The third-order valence-corrected chi connectivity index (χ3v) is 3.64. The highest BCUT2D eigenvalue weighted by atomic mass is 19.1. The van der Waals surface area contributed by atoms with Crippen LogP contribution in [-0.4, -0.2) is 18.2 Å². The van der Waals surface area contributed by atoms with Gasteiger partial charge in [0.25, 0.3) is 0 Å². The third kappa shape index (κ3) is 4.24. The van der Waals surface area contributed by atoms with E-state index in [4.69, 9.17) is 14.0 Å². The lowest BCUT2D eigenvalue weighted by molar-refractivity contribution is -0.144. The van der Waals surface area contributed by atoms with E-state index in [0.29, 0.717) is 11.4 Å². The molecule has 1 aromatic heterocycles. The van der Waals surface area contributed by atoms with Crippen LogP contribution in [0.4, 0.5) is 8.78 Å². The van der Waals surface area contributed by atoms with Crippen molar-refractivity contribution in [1.29, 1.82) is 0 Å². The Labute approximate surface area is 148 Å². The zero-order valence-corrected chi connectivity index (χ0v) is 13.9. The Hall–Kier alpha value is -3.22. The van der Waals surface area contributed by atoms with Crippen molar-refractivity contribution in [3.8, 4) is 17.1 Å². The molecule has 1 heterocycles. The molecule has 0 amide bonds. The third-order valence-electron chi connectivity index (χ3n) is 3.64. The van der Waals surface area contributed by atoms with Gasteiger partial charge in [0.15, 0.2) is 5.76 Å². The van der Waals surface area contributed by atoms with Crippen molar-refractivity contribution in [2.75, 3.05) is 7.11 Å². The fourth-order valence-corrected chi connectivity index (χ4v) is 2.31. The smallest absolute Gasteiger partial charge is 0.310 e. The summed E-state index contributed by atoms with van der Waals surface area (Å²) in [5, 5.41) is 3.73. The highest BCUT2D eigenvalue weighted by molar-refractivity contribution is 5.72. The molecular formula is C19H15F2NO4. The first-order chi connectivity index (χ1) is 12.5. The van der Waals surface area contributed by atoms with Gasteiger partial charge in [0, 0.05) is 12.1 Å². The van der Waals surface area contributed by atoms with E-state index in [9.17, 15) is 13.6 Å². The minimum atomic E-state index is -0.760. The molecular weight excluding hydrogens is 344 g/mol. The van der Waals surface area contributed by atoms with Crippen LogP contribution in [-0.2, 0) is 22.6 Å². The normalized spacial score (nSPS) is 10.6. The summed E-state index contributed by atoms with van der Waals surface area (Å²) in [6, 6.07) is 11.6. The lowest BCUT2D eigenvalue weighted by atomic mass is 10.1. The number of aromatic nitrogens is 1. The molecule has 3 aromatic rings. The van der Waals surface area contributed by atoms with Crippen molar-refractivity contribution in [1.82, 2.24) is 5.16 Å². The largest absolute Gasteiger partial charge is 0.497 e. The Morgan fingerprint density at radius 2 is 1.88 bits per heavy atom. The number of rotatable bonds is 6. The first-order valence-electron chi connectivity index (χ1n) is 7.74. The minimum absolute atomic E-state index is 0.0784. The summed E-state index contributed by atoms with van der Waals surface area (Å²) < 4.78 is 41.9. The number of halogens is 2. The number of hydrogen-bond donors (Lipinski definition) is 0. The van der Waals surface area contributed by atoms with Crippen LogP contribution < -0.4 is 4.74 Å². The predicted octanol–water partition coefficient (Wildman–Crippen LogP) is 3.91. The van der Waals surface area contributed by atoms with Crippen molar-refractivity contribution in [3.63, 3.8) is 0 Å². The van der Waals surface area contributed by atoms with Gasteiger partial charge in [-0.25, -0.2) is 8.78 Å². The van der Waals surface area contributed by atoms with Crippen molar-refractivity contribution in [2.24, 2.45) is 0 Å². The fraction of sp³-hybridized carbons (Fsp3) is 0.158. The van der Waals surface area contributed by atoms with Crippen LogP contribution in [0.5, 0.6) is 5.75 Å². The average Bonchev–Trinajstić information content (AvgIpc) is 3.09. The molecule has 0 unspecified atom stereocenters. The Morgan fingerprint density at radius 3 is 2.58 bits per heavy atom. The second kappa shape index (κ2) is 7.77. The van der Waals surface area contributed by atoms with E-state index in [1.807, 2.05) is 0 Å². The SMILES string of the molecule is COc1ccc(CC(=O)OCc2cc(-c3ccc(F)cc3F)on2)cc1. The summed E-state index contributed by atoms with van der Waals surface area (Å²) in [7, 11) is 1.56. The summed E-state index contributed by atoms with van der Waals surface area (Å²) in [6.45, 7) is -0.110. The van der Waals surface area contributed by atoms with Gasteiger partial charge in [-0.1, -0.05) is 17.3 Å². The summed E-state index contributed by atoms with van der Waals surface area (Å²) in [5.74, 6) is -1.05. The number of esters is 1. The Kier molecular flexibility index (Phi) is 5.26. The van der Waals surface area contributed by atoms with Gasteiger partial charge in [0.2, 0.25) is 0 Å². The van der Waals surface area contributed by atoms with Crippen LogP contribution >= 0.6 is 0 Å². The highest BCUT2D eigenvalue weighted by Gasteiger charge is 2.13. The molecule has 0 aliphatic carbocycles. The Balaban J connectivity index is 1.58. The second-order valence-electron chi connectivity index (χ2n) is 5.49. The van der Waals surface area contributed by atoms with Crippen LogP contribution in [0, 0.1) is 11.6 Å². The molecule has 0 saturated heterocycles.